The van der Waals surface area contributed by atoms with Crippen molar-refractivity contribution in [1.29, 1.82) is 0 Å². The number of aryl methyl sites for hydroxylation is 1. The van der Waals surface area contributed by atoms with E-state index in [1.165, 1.54) is 0 Å². The van der Waals surface area contributed by atoms with Gasteiger partial charge in [-0.05, 0) is 37.8 Å². The van der Waals surface area contributed by atoms with Crippen molar-refractivity contribution in [2.24, 2.45) is 0 Å². The van der Waals surface area contributed by atoms with Crippen molar-refractivity contribution in [3.63, 3.8) is 0 Å². The van der Waals surface area contributed by atoms with Crippen molar-refractivity contribution >= 4 is 5.97 Å². The van der Waals surface area contributed by atoms with E-state index >= 15 is 0 Å². The summed E-state index contributed by atoms with van der Waals surface area (Å²) in [6.07, 6.45) is 1.02. The summed E-state index contributed by atoms with van der Waals surface area (Å²) < 4.78 is 0. The summed E-state index contributed by atoms with van der Waals surface area (Å²) in [6, 6.07) is 1.66. The van der Waals surface area contributed by atoms with Crippen LogP contribution in [0.5, 0.6) is 11.5 Å². The number of phenolic OH excluding ortho intramolecular Hbond substituents is 2. The molecule has 0 amide bonds. The van der Waals surface area contributed by atoms with E-state index in [2.05, 4.69) is 0 Å². The van der Waals surface area contributed by atoms with Crippen LogP contribution in [0.1, 0.15) is 29.5 Å². The summed E-state index contributed by atoms with van der Waals surface area (Å²) in [5, 5.41) is 28.7. The first-order valence-electron chi connectivity index (χ1n) is 5.16. The largest absolute Gasteiger partial charge is 0.504 e. The highest BCUT2D eigenvalue weighted by Gasteiger charge is 2.53. The van der Waals surface area contributed by atoms with Gasteiger partial charge < -0.3 is 15.3 Å². The van der Waals surface area contributed by atoms with Gasteiger partial charge in [-0.3, -0.25) is 4.79 Å². The van der Waals surface area contributed by atoms with Crippen molar-refractivity contribution in [2.75, 3.05) is 0 Å². The first-order chi connectivity index (χ1) is 7.40. The average Bonchev–Trinajstić information content (AvgIpc) is 3.01. The van der Waals surface area contributed by atoms with Crippen LogP contribution in [0.4, 0.5) is 0 Å². The topological polar surface area (TPSA) is 77.8 Å². The Morgan fingerprint density at radius 1 is 1.25 bits per heavy atom. The zero-order valence-electron chi connectivity index (χ0n) is 9.24. The van der Waals surface area contributed by atoms with Gasteiger partial charge in [0.25, 0.3) is 0 Å². The number of aromatic hydroxyl groups is 2. The summed E-state index contributed by atoms with van der Waals surface area (Å²) >= 11 is 0. The maximum absolute atomic E-state index is 11.2. The van der Waals surface area contributed by atoms with Gasteiger partial charge in [0.05, 0.1) is 5.41 Å². The molecule has 1 aliphatic rings. The first kappa shape index (κ1) is 10.8. The van der Waals surface area contributed by atoms with Crippen molar-refractivity contribution < 1.29 is 20.1 Å². The molecule has 0 aliphatic heterocycles. The lowest BCUT2D eigenvalue weighted by Crippen LogP contribution is -2.20. The van der Waals surface area contributed by atoms with Gasteiger partial charge in [-0.25, -0.2) is 0 Å². The van der Waals surface area contributed by atoms with Crippen LogP contribution in [-0.2, 0) is 10.2 Å². The molecule has 2 rings (SSSR count). The van der Waals surface area contributed by atoms with Crippen LogP contribution < -0.4 is 0 Å². The Balaban J connectivity index is 2.63. The van der Waals surface area contributed by atoms with E-state index in [-0.39, 0.29) is 11.5 Å². The Hall–Kier alpha value is -1.71. The molecule has 0 saturated heterocycles. The van der Waals surface area contributed by atoms with Crippen LogP contribution in [0.2, 0.25) is 0 Å². The smallest absolute Gasteiger partial charge is 0.314 e. The Kier molecular flexibility index (Phi) is 2.12. The summed E-state index contributed by atoms with van der Waals surface area (Å²) in [5.74, 6) is -1.43. The van der Waals surface area contributed by atoms with E-state index in [1.807, 2.05) is 0 Å². The van der Waals surface area contributed by atoms with Gasteiger partial charge in [-0.2, -0.15) is 0 Å². The summed E-state index contributed by atoms with van der Waals surface area (Å²) in [4.78, 5) is 11.2. The summed E-state index contributed by atoms with van der Waals surface area (Å²) in [6.45, 7) is 3.48. The van der Waals surface area contributed by atoms with Crippen LogP contribution in [0, 0.1) is 13.8 Å². The normalized spacial score (nSPS) is 17.1. The second-order valence-electron chi connectivity index (χ2n) is 4.45. The van der Waals surface area contributed by atoms with Gasteiger partial charge in [-0.1, -0.05) is 6.07 Å². The van der Waals surface area contributed by atoms with E-state index in [1.54, 1.807) is 19.9 Å². The third-order valence-corrected chi connectivity index (χ3v) is 3.46. The lowest BCUT2D eigenvalue weighted by atomic mass is 9.91. The number of carboxylic acids is 1. The lowest BCUT2D eigenvalue weighted by Gasteiger charge is -2.16. The van der Waals surface area contributed by atoms with Gasteiger partial charge in [0.1, 0.15) is 0 Å². The minimum Gasteiger partial charge on any atom is -0.504 e. The highest BCUT2D eigenvalue weighted by molar-refractivity contribution is 5.86. The van der Waals surface area contributed by atoms with Gasteiger partial charge in [0.2, 0.25) is 0 Å². The Morgan fingerprint density at radius 2 is 1.81 bits per heavy atom. The number of phenols is 2. The third kappa shape index (κ3) is 1.26. The van der Waals surface area contributed by atoms with Crippen LogP contribution in [0.25, 0.3) is 0 Å². The second-order valence-corrected chi connectivity index (χ2v) is 4.45. The fourth-order valence-corrected chi connectivity index (χ4v) is 1.97. The monoisotopic (exact) mass is 222 g/mol. The number of carboxylic acid groups (broad SMARTS) is 1. The molecule has 0 spiro atoms. The SMILES string of the molecule is Cc1cc(C2(C(=O)O)CC2)c(O)c(O)c1C. The number of rotatable bonds is 2. The maximum Gasteiger partial charge on any atom is 0.314 e. The van der Waals surface area contributed by atoms with Crippen LogP contribution in [0.15, 0.2) is 6.07 Å². The molecule has 1 aromatic carbocycles. The molecule has 4 nitrogen and oxygen atoms in total. The van der Waals surface area contributed by atoms with Crippen molar-refractivity contribution in [1.82, 2.24) is 0 Å². The van der Waals surface area contributed by atoms with Gasteiger partial charge >= 0.3 is 5.97 Å². The molecule has 16 heavy (non-hydrogen) atoms. The fourth-order valence-electron chi connectivity index (χ4n) is 1.97. The van der Waals surface area contributed by atoms with Gasteiger partial charge in [0, 0.05) is 5.56 Å². The minimum atomic E-state index is -0.986. The number of carbonyl (C=O) groups is 1. The average molecular weight is 222 g/mol. The van der Waals surface area contributed by atoms with Crippen LogP contribution in [-0.4, -0.2) is 21.3 Å². The van der Waals surface area contributed by atoms with Crippen LogP contribution >= 0.6 is 0 Å². The number of aliphatic carboxylic acids is 1. The molecular formula is C12H14O4. The highest BCUT2D eigenvalue weighted by Crippen LogP contribution is 2.54. The Labute approximate surface area is 93.2 Å². The molecule has 0 unspecified atom stereocenters. The molecule has 0 atom stereocenters. The predicted octanol–water partition coefficient (Wildman–Crippen LogP) is 1.83. The fraction of sp³-hybridized carbons (Fsp3) is 0.417. The molecule has 1 aliphatic carbocycles. The van der Waals surface area contributed by atoms with Crippen molar-refractivity contribution in [2.45, 2.75) is 32.1 Å². The van der Waals surface area contributed by atoms with Gasteiger partial charge in [-0.15, -0.1) is 0 Å². The third-order valence-electron chi connectivity index (χ3n) is 3.46. The molecule has 1 aromatic rings. The number of benzene rings is 1. The van der Waals surface area contributed by atoms with E-state index in [0.717, 1.165) is 5.56 Å². The van der Waals surface area contributed by atoms with E-state index < -0.39 is 11.4 Å². The first-order valence-corrected chi connectivity index (χ1v) is 5.16. The number of hydrogen-bond acceptors (Lipinski definition) is 3. The molecule has 86 valence electrons. The molecule has 0 aromatic heterocycles. The zero-order chi connectivity index (χ0) is 12.1. The standard InChI is InChI=1S/C12H14O4/c1-6-5-8(10(14)9(13)7(6)2)12(3-4-12)11(15)16/h5,13-14H,3-4H2,1-2H3,(H,15,16). The molecule has 0 heterocycles. The minimum absolute atomic E-state index is 0.206. The van der Waals surface area contributed by atoms with E-state index in [9.17, 15) is 15.0 Å². The predicted molar refractivity (Wildman–Crippen MR) is 57.8 cm³/mol. The molecule has 1 saturated carbocycles. The maximum atomic E-state index is 11.2. The van der Waals surface area contributed by atoms with Crippen molar-refractivity contribution in [3.05, 3.63) is 22.8 Å². The Morgan fingerprint density at radius 3 is 2.25 bits per heavy atom. The second kappa shape index (κ2) is 3.14. The molecule has 0 bridgehead atoms. The van der Waals surface area contributed by atoms with Crippen LogP contribution in [0.3, 0.4) is 0 Å². The molecule has 4 heteroatoms. The quantitative estimate of drug-likeness (QED) is 0.667. The zero-order valence-corrected chi connectivity index (χ0v) is 9.24. The lowest BCUT2D eigenvalue weighted by molar-refractivity contribution is -0.140. The number of hydrogen-bond donors (Lipinski definition) is 3. The highest BCUT2D eigenvalue weighted by atomic mass is 16.4. The molecule has 1 fully saturated rings. The van der Waals surface area contributed by atoms with Gasteiger partial charge in [0.15, 0.2) is 11.5 Å². The molecule has 0 radical (unpaired) electrons. The van der Waals surface area contributed by atoms with Crippen molar-refractivity contribution in [3.8, 4) is 11.5 Å². The summed E-state index contributed by atoms with van der Waals surface area (Å²) in [5.41, 5.74) is 0.723. The molecule has 3 N–H and O–H groups in total. The summed E-state index contributed by atoms with van der Waals surface area (Å²) in [7, 11) is 0. The van der Waals surface area contributed by atoms with E-state index in [0.29, 0.717) is 24.0 Å². The van der Waals surface area contributed by atoms with E-state index in [4.69, 9.17) is 5.11 Å². The molecular weight excluding hydrogens is 208 g/mol. The Bertz CT molecular complexity index is 472.